The van der Waals surface area contributed by atoms with Crippen LogP contribution in [-0.4, -0.2) is 28.8 Å². The molecule has 4 nitrogen and oxygen atoms in total. The van der Waals surface area contributed by atoms with E-state index in [9.17, 15) is 9.59 Å². The molecule has 0 saturated carbocycles. The molecule has 0 bridgehead atoms. The fraction of sp³-hybridized carbons (Fsp3) is 0.286. The molecule has 34 heavy (non-hydrogen) atoms. The topological polar surface area (TPSA) is 49.4 Å². The molecule has 0 spiro atoms. The van der Waals surface area contributed by atoms with Gasteiger partial charge in [-0.1, -0.05) is 96.9 Å². The van der Waals surface area contributed by atoms with Gasteiger partial charge in [0.05, 0.1) is 6.42 Å². The van der Waals surface area contributed by atoms with Crippen molar-refractivity contribution < 1.29 is 9.59 Å². The minimum atomic E-state index is -0.706. The van der Waals surface area contributed by atoms with Crippen LogP contribution in [0.3, 0.4) is 0 Å². The maximum absolute atomic E-state index is 13.7. The van der Waals surface area contributed by atoms with Gasteiger partial charge < -0.3 is 10.2 Å². The van der Waals surface area contributed by atoms with Crippen molar-refractivity contribution in [3.8, 4) is 0 Å². The second-order valence-corrected chi connectivity index (χ2v) is 9.22. The molecular weight excluding hydrogens is 467 g/mol. The normalized spacial score (nSPS) is 12.6. The van der Waals surface area contributed by atoms with Gasteiger partial charge in [-0.15, -0.1) is 0 Å². The van der Waals surface area contributed by atoms with E-state index in [0.29, 0.717) is 16.5 Å². The van der Waals surface area contributed by atoms with Crippen LogP contribution in [0.4, 0.5) is 0 Å². The maximum Gasteiger partial charge on any atom is 0.243 e. The first kappa shape index (κ1) is 25.8. The number of nitrogens with one attached hydrogen (secondary N) is 1. The summed E-state index contributed by atoms with van der Waals surface area (Å²) in [5.74, 6) is -0.369. The number of nitrogens with zero attached hydrogens (tertiary/aromatic N) is 1. The van der Waals surface area contributed by atoms with Gasteiger partial charge in [-0.05, 0) is 42.2 Å². The smallest absolute Gasteiger partial charge is 0.243 e. The molecular formula is C28H30Cl2N2O2. The Labute approximate surface area is 211 Å². The van der Waals surface area contributed by atoms with Crippen LogP contribution in [-0.2, 0) is 29.0 Å². The van der Waals surface area contributed by atoms with Crippen molar-refractivity contribution in [1.29, 1.82) is 0 Å². The summed E-state index contributed by atoms with van der Waals surface area (Å²) in [6.45, 7) is 4.19. The second kappa shape index (κ2) is 12.6. The molecule has 0 aliphatic heterocycles. The molecule has 3 aromatic carbocycles. The van der Waals surface area contributed by atoms with Crippen LogP contribution in [0, 0.1) is 0 Å². The van der Waals surface area contributed by atoms with E-state index in [4.69, 9.17) is 23.2 Å². The summed E-state index contributed by atoms with van der Waals surface area (Å²) in [6.07, 6.45) is 1.27. The summed E-state index contributed by atoms with van der Waals surface area (Å²) in [7, 11) is 0. The second-order valence-electron chi connectivity index (χ2n) is 8.40. The Hall–Kier alpha value is -2.82. The zero-order chi connectivity index (χ0) is 24.5. The molecule has 3 aromatic rings. The highest BCUT2D eigenvalue weighted by atomic mass is 35.5. The molecule has 0 saturated heterocycles. The van der Waals surface area contributed by atoms with Crippen molar-refractivity contribution in [3.63, 3.8) is 0 Å². The number of benzene rings is 3. The van der Waals surface area contributed by atoms with Gasteiger partial charge in [0.15, 0.2) is 0 Å². The quantitative estimate of drug-likeness (QED) is 0.369. The molecule has 2 amide bonds. The van der Waals surface area contributed by atoms with E-state index in [-0.39, 0.29) is 30.8 Å². The van der Waals surface area contributed by atoms with Crippen molar-refractivity contribution in [3.05, 3.63) is 106 Å². The Bertz CT molecular complexity index is 1100. The van der Waals surface area contributed by atoms with E-state index in [0.717, 1.165) is 23.1 Å². The average Bonchev–Trinajstić information content (AvgIpc) is 2.84. The monoisotopic (exact) mass is 496 g/mol. The van der Waals surface area contributed by atoms with E-state index >= 15 is 0 Å². The Balaban J connectivity index is 2.00. The number of carbonyl (C=O) groups excluding carboxylic acids is 2. The maximum atomic E-state index is 13.7. The molecule has 0 heterocycles. The number of halogens is 2. The molecule has 3 rings (SSSR count). The van der Waals surface area contributed by atoms with Crippen molar-refractivity contribution in [2.45, 2.75) is 51.7 Å². The third kappa shape index (κ3) is 7.09. The van der Waals surface area contributed by atoms with E-state index in [1.54, 1.807) is 17.0 Å². The van der Waals surface area contributed by atoms with Crippen molar-refractivity contribution in [2.24, 2.45) is 0 Å². The van der Waals surface area contributed by atoms with Gasteiger partial charge in [-0.3, -0.25) is 9.59 Å². The van der Waals surface area contributed by atoms with Crippen LogP contribution >= 0.6 is 23.2 Å². The fourth-order valence-corrected chi connectivity index (χ4v) is 4.11. The van der Waals surface area contributed by atoms with Crippen molar-refractivity contribution >= 4 is 35.0 Å². The summed E-state index contributed by atoms with van der Waals surface area (Å²) < 4.78 is 0. The zero-order valence-corrected chi connectivity index (χ0v) is 21.0. The summed E-state index contributed by atoms with van der Waals surface area (Å²) in [6, 6.07) is 23.7. The Morgan fingerprint density at radius 1 is 0.853 bits per heavy atom. The zero-order valence-electron chi connectivity index (χ0n) is 19.5. The van der Waals surface area contributed by atoms with Gasteiger partial charge in [0, 0.05) is 29.1 Å². The van der Waals surface area contributed by atoms with Gasteiger partial charge in [0.25, 0.3) is 0 Å². The lowest BCUT2D eigenvalue weighted by molar-refractivity contribution is -0.141. The standard InChI is InChI=1S/C28H30Cl2N2O2/c1-3-20(2)31-28(34)26(17-21-11-5-4-6-12-21)32(19-23-14-8-10-16-25(23)30)27(33)18-22-13-7-9-15-24(22)29/h4-16,20,26H,3,17-19H2,1-2H3,(H,31,34). The predicted molar refractivity (Wildman–Crippen MR) is 139 cm³/mol. The average molecular weight is 497 g/mol. The highest BCUT2D eigenvalue weighted by Crippen LogP contribution is 2.23. The molecule has 0 aromatic heterocycles. The minimum absolute atomic E-state index is 0.00777. The third-order valence-corrected chi connectivity index (χ3v) is 6.61. The van der Waals surface area contributed by atoms with Crippen LogP contribution < -0.4 is 5.32 Å². The SMILES string of the molecule is CCC(C)NC(=O)C(Cc1ccccc1)N(Cc1ccccc1Cl)C(=O)Cc1ccccc1Cl. The molecule has 0 fully saturated rings. The Morgan fingerprint density at radius 2 is 1.41 bits per heavy atom. The van der Waals surface area contributed by atoms with Crippen molar-refractivity contribution in [1.82, 2.24) is 10.2 Å². The fourth-order valence-electron chi connectivity index (χ4n) is 3.71. The third-order valence-electron chi connectivity index (χ3n) is 5.87. The summed E-state index contributed by atoms with van der Waals surface area (Å²) in [4.78, 5) is 28.8. The predicted octanol–water partition coefficient (Wildman–Crippen LogP) is 6.09. The highest BCUT2D eigenvalue weighted by Gasteiger charge is 2.31. The van der Waals surface area contributed by atoms with Gasteiger partial charge in [-0.25, -0.2) is 0 Å². The van der Waals surface area contributed by atoms with E-state index in [1.165, 1.54) is 0 Å². The first-order valence-corrected chi connectivity index (χ1v) is 12.2. The van der Waals surface area contributed by atoms with Gasteiger partial charge in [0.2, 0.25) is 11.8 Å². The van der Waals surface area contributed by atoms with Crippen LogP contribution in [0.25, 0.3) is 0 Å². The van der Waals surface area contributed by atoms with Crippen LogP contribution in [0.15, 0.2) is 78.9 Å². The van der Waals surface area contributed by atoms with Crippen LogP contribution in [0.5, 0.6) is 0 Å². The molecule has 0 radical (unpaired) electrons. The number of rotatable bonds is 10. The molecule has 2 unspecified atom stereocenters. The van der Waals surface area contributed by atoms with Gasteiger partial charge in [0.1, 0.15) is 6.04 Å². The first-order chi connectivity index (χ1) is 16.4. The first-order valence-electron chi connectivity index (χ1n) is 11.5. The molecule has 0 aliphatic carbocycles. The highest BCUT2D eigenvalue weighted by molar-refractivity contribution is 6.31. The van der Waals surface area contributed by atoms with E-state index < -0.39 is 6.04 Å². The lowest BCUT2D eigenvalue weighted by Gasteiger charge is -2.32. The van der Waals surface area contributed by atoms with Gasteiger partial charge >= 0.3 is 0 Å². The Morgan fingerprint density at radius 3 is 2.00 bits per heavy atom. The van der Waals surface area contributed by atoms with E-state index in [1.807, 2.05) is 80.6 Å². The number of hydrogen-bond donors (Lipinski definition) is 1. The number of amides is 2. The summed E-state index contributed by atoms with van der Waals surface area (Å²) >= 11 is 12.8. The lowest BCUT2D eigenvalue weighted by Crippen LogP contribution is -2.52. The summed E-state index contributed by atoms with van der Waals surface area (Å²) in [5.41, 5.74) is 2.48. The largest absolute Gasteiger partial charge is 0.352 e. The van der Waals surface area contributed by atoms with Crippen molar-refractivity contribution in [2.75, 3.05) is 0 Å². The molecule has 178 valence electrons. The van der Waals surface area contributed by atoms with Crippen LogP contribution in [0.1, 0.15) is 37.0 Å². The Kier molecular flexibility index (Phi) is 9.55. The summed E-state index contributed by atoms with van der Waals surface area (Å²) in [5, 5.41) is 4.15. The van der Waals surface area contributed by atoms with E-state index in [2.05, 4.69) is 5.32 Å². The number of hydrogen-bond acceptors (Lipinski definition) is 2. The van der Waals surface area contributed by atoms with Crippen LogP contribution in [0.2, 0.25) is 10.0 Å². The molecule has 1 N–H and O–H groups in total. The molecule has 2 atom stereocenters. The molecule has 0 aliphatic rings. The lowest BCUT2D eigenvalue weighted by atomic mass is 10.0. The molecule has 6 heteroatoms. The number of carbonyl (C=O) groups is 2. The van der Waals surface area contributed by atoms with Gasteiger partial charge in [-0.2, -0.15) is 0 Å². The minimum Gasteiger partial charge on any atom is -0.352 e.